The Morgan fingerprint density at radius 3 is 2.62 bits per heavy atom. The molecule has 1 fully saturated rings. The second-order valence-electron chi connectivity index (χ2n) is 13.7. The van der Waals surface area contributed by atoms with Gasteiger partial charge in [-0.15, -0.1) is 22.7 Å². The lowest BCUT2D eigenvalue weighted by molar-refractivity contribution is -0.0723. The van der Waals surface area contributed by atoms with Gasteiger partial charge in [-0.05, 0) is 110 Å². The molecule has 6 nitrogen and oxygen atoms in total. The van der Waals surface area contributed by atoms with E-state index in [1.807, 2.05) is 55.5 Å². The van der Waals surface area contributed by atoms with Gasteiger partial charge in [0.05, 0.1) is 16.6 Å². The first-order chi connectivity index (χ1) is 22.4. The van der Waals surface area contributed by atoms with Crippen molar-refractivity contribution in [3.63, 3.8) is 0 Å². The fourth-order valence-electron chi connectivity index (χ4n) is 7.79. The van der Waals surface area contributed by atoms with Gasteiger partial charge in [0.15, 0.2) is 0 Å². The van der Waals surface area contributed by atoms with Crippen molar-refractivity contribution in [2.75, 3.05) is 13.1 Å². The van der Waals surface area contributed by atoms with Gasteiger partial charge in [-0.2, -0.15) is 4.31 Å². The number of aliphatic hydroxyl groups is 2. The number of rotatable bonds is 8. The average molecular weight is 692 g/mol. The van der Waals surface area contributed by atoms with E-state index in [1.54, 1.807) is 17.5 Å². The third-order valence-corrected chi connectivity index (χ3v) is 14.9. The minimum atomic E-state index is -3.79. The van der Waals surface area contributed by atoms with Crippen LogP contribution in [0.3, 0.4) is 0 Å². The molecule has 1 saturated carbocycles. The number of aliphatic hydroxyl groups excluding tert-OH is 1. The van der Waals surface area contributed by atoms with Crippen molar-refractivity contribution in [3.05, 3.63) is 99.3 Å². The SMILES string of the molecule is CCCN(C[C@]1(O)CC[C@H]2c3ccc(cc3C(=O)c3cc4ccccc4s3)C[C@@H](O)CCC(C)=CCC[C@@]21C)S(=O)(=O)c1cccs1. The molecular weight excluding hydrogens is 647 g/mol. The summed E-state index contributed by atoms with van der Waals surface area (Å²) in [6, 6.07) is 19.4. The van der Waals surface area contributed by atoms with Crippen LogP contribution < -0.4 is 0 Å². The molecule has 2 bridgehead atoms. The normalized spacial score (nSPS) is 25.5. The zero-order valence-corrected chi connectivity index (χ0v) is 29.9. The zero-order chi connectivity index (χ0) is 33.4. The molecule has 0 saturated heterocycles. The molecule has 0 spiro atoms. The number of thiophene rings is 2. The van der Waals surface area contributed by atoms with Crippen LogP contribution in [0.2, 0.25) is 0 Å². The van der Waals surface area contributed by atoms with Crippen LogP contribution in [-0.2, 0) is 16.4 Å². The monoisotopic (exact) mass is 691 g/mol. The van der Waals surface area contributed by atoms with Crippen molar-refractivity contribution in [1.82, 2.24) is 4.31 Å². The Labute approximate surface area is 286 Å². The van der Waals surface area contributed by atoms with Gasteiger partial charge in [0.25, 0.3) is 10.0 Å². The van der Waals surface area contributed by atoms with Crippen LogP contribution in [0.5, 0.6) is 0 Å². The molecule has 3 aliphatic carbocycles. The molecule has 0 amide bonds. The first-order valence-corrected chi connectivity index (χ1v) is 19.8. The molecule has 9 heteroatoms. The van der Waals surface area contributed by atoms with Crippen molar-refractivity contribution in [3.8, 4) is 0 Å². The molecule has 0 radical (unpaired) electrons. The van der Waals surface area contributed by atoms with Gasteiger partial charge in [-0.3, -0.25) is 4.79 Å². The van der Waals surface area contributed by atoms with E-state index in [0.29, 0.717) is 61.9 Å². The van der Waals surface area contributed by atoms with E-state index in [2.05, 4.69) is 19.9 Å². The highest BCUT2D eigenvalue weighted by Gasteiger charge is 2.58. The highest BCUT2D eigenvalue weighted by Crippen LogP contribution is 2.59. The Morgan fingerprint density at radius 2 is 1.87 bits per heavy atom. The molecule has 2 aromatic heterocycles. The first-order valence-electron chi connectivity index (χ1n) is 16.7. The summed E-state index contributed by atoms with van der Waals surface area (Å²) in [5.41, 5.74) is 1.58. The Kier molecular flexibility index (Phi) is 9.96. The van der Waals surface area contributed by atoms with E-state index < -0.39 is 27.1 Å². The average Bonchev–Trinajstić information content (AvgIpc) is 3.79. The number of fused-ring (bicyclic) bond motifs is 9. The summed E-state index contributed by atoms with van der Waals surface area (Å²) >= 11 is 2.68. The second kappa shape index (κ2) is 13.7. The Hall–Kier alpha value is -2.66. The van der Waals surface area contributed by atoms with E-state index in [4.69, 9.17) is 0 Å². The predicted octanol–water partition coefficient (Wildman–Crippen LogP) is 8.33. The highest BCUT2D eigenvalue weighted by atomic mass is 32.2. The summed E-state index contributed by atoms with van der Waals surface area (Å²) in [5.74, 6) is -0.226. The highest BCUT2D eigenvalue weighted by molar-refractivity contribution is 7.91. The van der Waals surface area contributed by atoms with Gasteiger partial charge < -0.3 is 10.2 Å². The lowest BCUT2D eigenvalue weighted by Crippen LogP contribution is -2.53. The fraction of sp³-hybridized carbons (Fsp3) is 0.447. The Balaban J connectivity index is 1.46. The molecule has 4 atom stereocenters. The zero-order valence-electron chi connectivity index (χ0n) is 27.4. The molecule has 47 heavy (non-hydrogen) atoms. The summed E-state index contributed by atoms with van der Waals surface area (Å²) in [6.45, 7) is 6.47. The number of hydrogen-bond donors (Lipinski definition) is 2. The lowest BCUT2D eigenvalue weighted by Gasteiger charge is -2.45. The molecule has 4 aromatic rings. The Morgan fingerprint density at radius 1 is 1.06 bits per heavy atom. The molecule has 2 heterocycles. The smallest absolute Gasteiger partial charge is 0.252 e. The van der Waals surface area contributed by atoms with Gasteiger partial charge >= 0.3 is 0 Å². The van der Waals surface area contributed by atoms with Crippen LogP contribution in [0.1, 0.15) is 98.0 Å². The van der Waals surface area contributed by atoms with Crippen LogP contribution in [0.15, 0.2) is 81.9 Å². The van der Waals surface area contributed by atoms with Crippen LogP contribution in [0.4, 0.5) is 0 Å². The van der Waals surface area contributed by atoms with E-state index in [1.165, 1.54) is 32.6 Å². The number of hydrogen-bond acceptors (Lipinski definition) is 7. The van der Waals surface area contributed by atoms with Gasteiger partial charge in [0.2, 0.25) is 5.78 Å². The van der Waals surface area contributed by atoms with Crippen LogP contribution >= 0.6 is 22.7 Å². The molecule has 250 valence electrons. The largest absolute Gasteiger partial charge is 0.393 e. The summed E-state index contributed by atoms with van der Waals surface area (Å²) in [6.07, 6.45) is 6.55. The predicted molar refractivity (Wildman–Crippen MR) is 192 cm³/mol. The van der Waals surface area contributed by atoms with Crippen LogP contribution in [0.25, 0.3) is 10.1 Å². The number of allylic oxidation sites excluding steroid dienone is 2. The van der Waals surface area contributed by atoms with Crippen molar-refractivity contribution in [2.24, 2.45) is 5.41 Å². The summed E-state index contributed by atoms with van der Waals surface area (Å²) in [4.78, 5) is 15.1. The second-order valence-corrected chi connectivity index (χ2v) is 17.9. The minimum Gasteiger partial charge on any atom is -0.393 e. The molecule has 3 aliphatic rings. The third kappa shape index (κ3) is 6.67. The summed E-state index contributed by atoms with van der Waals surface area (Å²) in [5, 5.41) is 26.5. The molecule has 2 N–H and O–H groups in total. The standard InChI is InChI=1S/C38H45NO5S3/c1-4-20-39(47(43,44)35-12-8-21-45-35)25-38(42)19-17-32-30-16-14-27(22-29(40)15-13-26(2)9-7-18-37(32,38)3)23-31(30)36(41)34-24-28-10-5-6-11-33(28)46-34/h5-6,8-12,14,16,21,23-24,29,32,40,42H,4,7,13,15,17-20,22,25H2,1-3H3/t29-,32-,37-,38+/m0/s1. The maximum absolute atomic E-state index is 14.5. The van der Waals surface area contributed by atoms with Crippen LogP contribution in [-0.4, -0.2) is 53.5 Å². The van der Waals surface area contributed by atoms with Gasteiger partial charge in [0.1, 0.15) is 4.21 Å². The van der Waals surface area contributed by atoms with E-state index in [9.17, 15) is 23.4 Å². The number of sulfonamides is 1. The maximum atomic E-state index is 14.5. The van der Waals surface area contributed by atoms with E-state index >= 15 is 0 Å². The number of nitrogens with zero attached hydrogens (tertiary/aromatic N) is 1. The van der Waals surface area contributed by atoms with Crippen molar-refractivity contribution in [1.29, 1.82) is 0 Å². The van der Waals surface area contributed by atoms with Gasteiger partial charge in [0, 0.05) is 28.8 Å². The molecule has 0 aliphatic heterocycles. The minimum absolute atomic E-state index is 0.000634. The topological polar surface area (TPSA) is 94.9 Å². The summed E-state index contributed by atoms with van der Waals surface area (Å²) < 4.78 is 30.5. The lowest BCUT2D eigenvalue weighted by atomic mass is 9.65. The Bertz CT molecular complexity index is 1840. The number of carbonyl (C=O) groups is 1. The number of ketones is 1. The molecular formula is C38H45NO5S3. The van der Waals surface area contributed by atoms with Crippen molar-refractivity contribution < 1.29 is 23.4 Å². The van der Waals surface area contributed by atoms with Crippen LogP contribution in [0, 0.1) is 5.41 Å². The molecule has 0 unspecified atom stereocenters. The van der Waals surface area contributed by atoms with E-state index in [0.717, 1.165) is 27.6 Å². The third-order valence-electron chi connectivity index (χ3n) is 10.6. The van der Waals surface area contributed by atoms with Crippen molar-refractivity contribution >= 4 is 48.6 Å². The maximum Gasteiger partial charge on any atom is 0.252 e. The summed E-state index contributed by atoms with van der Waals surface area (Å²) in [7, 11) is -3.79. The molecule has 7 rings (SSSR count). The van der Waals surface area contributed by atoms with Crippen molar-refractivity contribution in [2.45, 2.75) is 94.0 Å². The quantitative estimate of drug-likeness (QED) is 0.143. The number of benzene rings is 2. The van der Waals surface area contributed by atoms with Gasteiger partial charge in [-0.25, -0.2) is 8.42 Å². The first kappa shape index (κ1) is 34.2. The fourth-order valence-corrected chi connectivity index (χ4v) is 11.5. The van der Waals surface area contributed by atoms with Gasteiger partial charge in [-0.1, -0.05) is 61.9 Å². The molecule has 2 aromatic carbocycles. The van der Waals surface area contributed by atoms with E-state index in [-0.39, 0.29) is 22.5 Å². The number of carbonyl (C=O) groups excluding carboxylic acids is 1.